The van der Waals surface area contributed by atoms with Crippen molar-refractivity contribution < 1.29 is 0 Å². The van der Waals surface area contributed by atoms with Gasteiger partial charge in [-0.2, -0.15) is 5.10 Å². The molecule has 2 atom stereocenters. The van der Waals surface area contributed by atoms with Crippen LogP contribution in [0.5, 0.6) is 0 Å². The Balaban J connectivity index is 1.73. The Morgan fingerprint density at radius 3 is 2.47 bits per heavy atom. The molecule has 3 nitrogen and oxygen atoms in total. The van der Waals surface area contributed by atoms with Crippen LogP contribution in [0.15, 0.2) is 5.10 Å². The molecule has 2 aliphatic rings. The van der Waals surface area contributed by atoms with E-state index in [4.69, 9.17) is 12.2 Å². The fourth-order valence-corrected chi connectivity index (χ4v) is 3.27. The minimum absolute atomic E-state index is 0.528. The molecule has 2 rings (SSSR count). The average Bonchev–Trinajstić information content (AvgIpc) is 2.41. The first kappa shape index (κ1) is 14.8. The van der Waals surface area contributed by atoms with Crippen molar-refractivity contribution in [2.75, 3.05) is 0 Å². The van der Waals surface area contributed by atoms with Crippen LogP contribution in [0.4, 0.5) is 0 Å². The Morgan fingerprint density at radius 1 is 1.11 bits per heavy atom. The summed E-state index contributed by atoms with van der Waals surface area (Å²) in [4.78, 5) is 0. The van der Waals surface area contributed by atoms with E-state index in [1.807, 2.05) is 0 Å². The SMILES string of the molecule is CC1CCC(=NNC(=S)N[C@H]2CCCC[C@H]2C)CC1. The number of hydrogen-bond donors (Lipinski definition) is 2. The zero-order valence-corrected chi connectivity index (χ0v) is 13.1. The van der Waals surface area contributed by atoms with Gasteiger partial charge < -0.3 is 5.32 Å². The van der Waals surface area contributed by atoms with Gasteiger partial charge in [-0.05, 0) is 62.6 Å². The van der Waals surface area contributed by atoms with Crippen LogP contribution in [0.25, 0.3) is 0 Å². The molecule has 0 aromatic heterocycles. The minimum Gasteiger partial charge on any atom is -0.358 e. The zero-order chi connectivity index (χ0) is 13.7. The normalized spacial score (nSPS) is 31.7. The quantitative estimate of drug-likeness (QED) is 0.600. The van der Waals surface area contributed by atoms with Crippen LogP contribution >= 0.6 is 12.2 Å². The second-order valence-corrected chi connectivity index (χ2v) is 6.72. The molecule has 0 spiro atoms. The predicted octanol–water partition coefficient (Wildman–Crippen LogP) is 3.60. The summed E-state index contributed by atoms with van der Waals surface area (Å²) < 4.78 is 0. The Hall–Kier alpha value is -0.640. The molecule has 19 heavy (non-hydrogen) atoms. The molecule has 4 heteroatoms. The third-order valence-electron chi connectivity index (χ3n) is 4.59. The molecule has 2 N–H and O–H groups in total. The lowest BCUT2D eigenvalue weighted by Crippen LogP contribution is -2.44. The summed E-state index contributed by atoms with van der Waals surface area (Å²) in [5.41, 5.74) is 4.32. The van der Waals surface area contributed by atoms with Gasteiger partial charge in [0.15, 0.2) is 5.11 Å². The van der Waals surface area contributed by atoms with Crippen molar-refractivity contribution in [1.82, 2.24) is 10.7 Å². The monoisotopic (exact) mass is 281 g/mol. The highest BCUT2D eigenvalue weighted by atomic mass is 32.1. The minimum atomic E-state index is 0.528. The van der Waals surface area contributed by atoms with Gasteiger partial charge in [0.1, 0.15) is 0 Å². The molecule has 0 heterocycles. The molecule has 0 amide bonds. The first-order chi connectivity index (χ1) is 9.15. The van der Waals surface area contributed by atoms with E-state index < -0.39 is 0 Å². The molecule has 0 unspecified atom stereocenters. The standard InChI is InChI=1S/C15H27N3S/c1-11-7-9-13(10-8-11)17-18-15(19)16-14-6-4-3-5-12(14)2/h11-12,14H,3-10H2,1-2H3,(H2,16,18,19)/t11?,12-,14+/m1/s1. The van der Waals surface area contributed by atoms with E-state index in [0.29, 0.717) is 11.2 Å². The molecule has 0 aromatic carbocycles. The number of hydrogen-bond acceptors (Lipinski definition) is 2. The van der Waals surface area contributed by atoms with E-state index in [0.717, 1.165) is 24.7 Å². The summed E-state index contributed by atoms with van der Waals surface area (Å²) in [7, 11) is 0. The Labute approximate surface area is 122 Å². The maximum atomic E-state index is 5.35. The molecule has 0 bridgehead atoms. The lowest BCUT2D eigenvalue weighted by atomic mass is 9.86. The van der Waals surface area contributed by atoms with Crippen molar-refractivity contribution in [1.29, 1.82) is 0 Å². The van der Waals surface area contributed by atoms with Crippen LogP contribution in [0, 0.1) is 11.8 Å². The summed E-state index contributed by atoms with van der Waals surface area (Å²) in [5.74, 6) is 1.57. The molecule has 0 saturated heterocycles. The van der Waals surface area contributed by atoms with Crippen LogP contribution in [0.1, 0.15) is 65.2 Å². The Morgan fingerprint density at radius 2 is 1.79 bits per heavy atom. The van der Waals surface area contributed by atoms with Crippen molar-refractivity contribution in [3.8, 4) is 0 Å². The third kappa shape index (κ3) is 4.75. The summed E-state index contributed by atoms with van der Waals surface area (Å²) in [6.45, 7) is 4.63. The van der Waals surface area contributed by atoms with Gasteiger partial charge in [0.05, 0.1) is 0 Å². The van der Waals surface area contributed by atoms with Crippen LogP contribution in [0.2, 0.25) is 0 Å². The first-order valence-corrected chi connectivity index (χ1v) is 8.18. The molecular weight excluding hydrogens is 254 g/mol. The van der Waals surface area contributed by atoms with E-state index >= 15 is 0 Å². The average molecular weight is 281 g/mol. The van der Waals surface area contributed by atoms with Crippen molar-refractivity contribution >= 4 is 23.0 Å². The maximum Gasteiger partial charge on any atom is 0.187 e. The number of hydrazone groups is 1. The first-order valence-electron chi connectivity index (χ1n) is 7.77. The summed E-state index contributed by atoms with van der Waals surface area (Å²) >= 11 is 5.35. The van der Waals surface area contributed by atoms with Gasteiger partial charge in [-0.15, -0.1) is 0 Å². The van der Waals surface area contributed by atoms with E-state index in [1.54, 1.807) is 0 Å². The van der Waals surface area contributed by atoms with Crippen molar-refractivity contribution in [2.24, 2.45) is 16.9 Å². The van der Waals surface area contributed by atoms with E-state index in [1.165, 1.54) is 44.2 Å². The van der Waals surface area contributed by atoms with E-state index in [-0.39, 0.29) is 0 Å². The highest BCUT2D eigenvalue weighted by molar-refractivity contribution is 7.80. The molecule has 0 aliphatic heterocycles. The highest BCUT2D eigenvalue weighted by Crippen LogP contribution is 2.23. The predicted molar refractivity (Wildman–Crippen MR) is 85.4 cm³/mol. The van der Waals surface area contributed by atoms with Gasteiger partial charge in [0.25, 0.3) is 0 Å². The van der Waals surface area contributed by atoms with Crippen LogP contribution in [-0.2, 0) is 0 Å². The van der Waals surface area contributed by atoms with Crippen molar-refractivity contribution in [3.63, 3.8) is 0 Å². The molecule has 0 radical (unpaired) electrons. The van der Waals surface area contributed by atoms with E-state index in [9.17, 15) is 0 Å². The third-order valence-corrected chi connectivity index (χ3v) is 4.80. The molecule has 2 aliphatic carbocycles. The van der Waals surface area contributed by atoms with Crippen LogP contribution < -0.4 is 10.7 Å². The van der Waals surface area contributed by atoms with Crippen molar-refractivity contribution in [2.45, 2.75) is 71.3 Å². The summed E-state index contributed by atoms with van der Waals surface area (Å²) in [6, 6.07) is 0.528. The Bertz CT molecular complexity index is 330. The fraction of sp³-hybridized carbons (Fsp3) is 0.867. The smallest absolute Gasteiger partial charge is 0.187 e. The number of nitrogens with one attached hydrogen (secondary N) is 2. The van der Waals surface area contributed by atoms with Gasteiger partial charge in [-0.25, -0.2) is 0 Å². The van der Waals surface area contributed by atoms with Crippen molar-refractivity contribution in [3.05, 3.63) is 0 Å². The second kappa shape index (κ2) is 7.22. The van der Waals surface area contributed by atoms with Gasteiger partial charge in [-0.3, -0.25) is 5.43 Å². The van der Waals surface area contributed by atoms with E-state index in [2.05, 4.69) is 29.7 Å². The second-order valence-electron chi connectivity index (χ2n) is 6.31. The summed E-state index contributed by atoms with van der Waals surface area (Å²) in [5, 5.41) is 8.60. The Kier molecular flexibility index (Phi) is 5.61. The molecule has 0 aromatic rings. The number of rotatable bonds is 2. The lowest BCUT2D eigenvalue weighted by Gasteiger charge is -2.30. The lowest BCUT2D eigenvalue weighted by molar-refractivity contribution is 0.308. The topological polar surface area (TPSA) is 36.4 Å². The largest absolute Gasteiger partial charge is 0.358 e. The summed E-state index contributed by atoms with van der Waals surface area (Å²) in [6.07, 6.45) is 9.99. The zero-order valence-electron chi connectivity index (χ0n) is 12.2. The van der Waals surface area contributed by atoms with Gasteiger partial charge in [0.2, 0.25) is 0 Å². The molecular formula is C15H27N3S. The maximum absolute atomic E-state index is 5.35. The van der Waals surface area contributed by atoms with Crippen LogP contribution in [-0.4, -0.2) is 16.9 Å². The van der Waals surface area contributed by atoms with Gasteiger partial charge in [0, 0.05) is 11.8 Å². The highest BCUT2D eigenvalue weighted by Gasteiger charge is 2.21. The fourth-order valence-electron chi connectivity index (χ4n) is 3.07. The van der Waals surface area contributed by atoms with Gasteiger partial charge >= 0.3 is 0 Å². The molecule has 2 saturated carbocycles. The van der Waals surface area contributed by atoms with Crippen LogP contribution in [0.3, 0.4) is 0 Å². The number of nitrogens with zero attached hydrogens (tertiary/aromatic N) is 1. The molecule has 2 fully saturated rings. The number of thiocarbonyl (C=S) groups is 1. The van der Waals surface area contributed by atoms with Gasteiger partial charge in [-0.1, -0.05) is 26.7 Å². The molecule has 108 valence electrons.